The van der Waals surface area contributed by atoms with E-state index in [1.807, 2.05) is 6.07 Å². The molecular formula is C17H24BrNO. The molecule has 0 heterocycles. The van der Waals surface area contributed by atoms with Crippen LogP contribution in [-0.2, 0) is 11.3 Å². The van der Waals surface area contributed by atoms with Gasteiger partial charge in [0.1, 0.15) is 6.29 Å². The zero-order chi connectivity index (χ0) is 14.6. The molecule has 2 nitrogen and oxygen atoms in total. The van der Waals surface area contributed by atoms with Gasteiger partial charge in [0.25, 0.3) is 0 Å². The maximum atomic E-state index is 11.6. The van der Waals surface area contributed by atoms with E-state index in [0.29, 0.717) is 5.92 Å². The van der Waals surface area contributed by atoms with Gasteiger partial charge in [-0.15, -0.1) is 0 Å². The number of carbonyl (C=O) groups excluding carboxylic acids is 1. The number of aldehydes is 1. The predicted molar refractivity (Wildman–Crippen MR) is 86.6 cm³/mol. The highest BCUT2D eigenvalue weighted by molar-refractivity contribution is 9.10. The van der Waals surface area contributed by atoms with Crippen LogP contribution in [0.5, 0.6) is 0 Å². The van der Waals surface area contributed by atoms with Crippen molar-refractivity contribution < 1.29 is 4.79 Å². The summed E-state index contributed by atoms with van der Waals surface area (Å²) in [6.07, 6.45) is 5.76. The van der Waals surface area contributed by atoms with Gasteiger partial charge in [-0.2, -0.15) is 0 Å². The van der Waals surface area contributed by atoms with Gasteiger partial charge in [-0.05, 0) is 43.5 Å². The van der Waals surface area contributed by atoms with Crippen LogP contribution in [0.2, 0.25) is 0 Å². The topological polar surface area (TPSA) is 20.3 Å². The van der Waals surface area contributed by atoms with Crippen molar-refractivity contribution in [1.29, 1.82) is 0 Å². The van der Waals surface area contributed by atoms with E-state index in [9.17, 15) is 4.79 Å². The van der Waals surface area contributed by atoms with Crippen molar-refractivity contribution in [2.24, 2.45) is 11.3 Å². The molecule has 1 fully saturated rings. The van der Waals surface area contributed by atoms with E-state index in [0.717, 1.165) is 30.4 Å². The lowest BCUT2D eigenvalue weighted by Gasteiger charge is -2.38. The van der Waals surface area contributed by atoms with Crippen molar-refractivity contribution in [2.45, 2.75) is 39.2 Å². The van der Waals surface area contributed by atoms with Gasteiger partial charge in [-0.25, -0.2) is 0 Å². The summed E-state index contributed by atoms with van der Waals surface area (Å²) in [6, 6.07) is 8.39. The third-order valence-corrected chi connectivity index (χ3v) is 4.80. The summed E-state index contributed by atoms with van der Waals surface area (Å²) in [6.45, 7) is 4.03. The number of hydrogen-bond acceptors (Lipinski definition) is 2. The van der Waals surface area contributed by atoms with Crippen LogP contribution in [0.4, 0.5) is 0 Å². The number of rotatable bonds is 5. The Labute approximate surface area is 130 Å². The molecule has 2 unspecified atom stereocenters. The van der Waals surface area contributed by atoms with Gasteiger partial charge in [0, 0.05) is 23.0 Å². The fourth-order valence-corrected chi connectivity index (χ4v) is 3.98. The summed E-state index contributed by atoms with van der Waals surface area (Å²) < 4.78 is 1.11. The molecule has 20 heavy (non-hydrogen) atoms. The van der Waals surface area contributed by atoms with E-state index in [-0.39, 0.29) is 5.41 Å². The fourth-order valence-electron chi connectivity index (χ4n) is 3.53. The highest BCUT2D eigenvalue weighted by atomic mass is 79.9. The Kier molecular flexibility index (Phi) is 5.39. The molecule has 1 aromatic rings. The second-order valence-corrected chi connectivity index (χ2v) is 7.40. The fraction of sp³-hybridized carbons (Fsp3) is 0.588. The smallest absolute Gasteiger partial charge is 0.127 e. The first-order valence-electron chi connectivity index (χ1n) is 7.42. The van der Waals surface area contributed by atoms with Gasteiger partial charge < -0.3 is 9.69 Å². The maximum absolute atomic E-state index is 11.6. The van der Waals surface area contributed by atoms with E-state index in [4.69, 9.17) is 0 Å². The van der Waals surface area contributed by atoms with Crippen LogP contribution in [-0.4, -0.2) is 24.8 Å². The first-order chi connectivity index (χ1) is 9.53. The molecule has 0 radical (unpaired) electrons. The van der Waals surface area contributed by atoms with E-state index < -0.39 is 0 Å². The molecule has 0 bridgehead atoms. The SMILES string of the molecule is CC1CCCC(C=O)(CN(C)Cc2cccc(Br)c2)C1. The molecule has 0 saturated heterocycles. The second kappa shape index (κ2) is 6.86. The molecular weight excluding hydrogens is 314 g/mol. The minimum absolute atomic E-state index is 0.127. The van der Waals surface area contributed by atoms with Crippen LogP contribution in [0.3, 0.4) is 0 Å². The number of carbonyl (C=O) groups is 1. The first-order valence-corrected chi connectivity index (χ1v) is 8.22. The van der Waals surface area contributed by atoms with Crippen molar-refractivity contribution in [3.8, 4) is 0 Å². The zero-order valence-electron chi connectivity index (χ0n) is 12.4. The quantitative estimate of drug-likeness (QED) is 0.747. The second-order valence-electron chi connectivity index (χ2n) is 6.48. The summed E-state index contributed by atoms with van der Waals surface area (Å²) in [5.74, 6) is 0.674. The monoisotopic (exact) mass is 337 g/mol. The van der Waals surface area contributed by atoms with Crippen molar-refractivity contribution in [2.75, 3.05) is 13.6 Å². The van der Waals surface area contributed by atoms with Crippen LogP contribution in [0.1, 0.15) is 38.2 Å². The molecule has 2 rings (SSSR count). The molecule has 0 N–H and O–H groups in total. The van der Waals surface area contributed by atoms with Crippen molar-refractivity contribution >= 4 is 22.2 Å². The lowest BCUT2D eigenvalue weighted by atomic mass is 9.71. The molecule has 1 aromatic carbocycles. The maximum Gasteiger partial charge on any atom is 0.127 e. The highest BCUT2D eigenvalue weighted by Gasteiger charge is 2.35. The number of nitrogens with zero attached hydrogens (tertiary/aromatic N) is 1. The standard InChI is InChI=1S/C17H24BrNO/c1-14-5-4-8-17(10-14,13-20)12-19(2)11-15-6-3-7-16(18)9-15/h3,6-7,9,13-14H,4-5,8,10-12H2,1-2H3. The minimum atomic E-state index is -0.127. The third-order valence-electron chi connectivity index (χ3n) is 4.30. The van der Waals surface area contributed by atoms with Gasteiger partial charge in [0.2, 0.25) is 0 Å². The van der Waals surface area contributed by atoms with Crippen LogP contribution < -0.4 is 0 Å². The van der Waals surface area contributed by atoms with Crippen molar-refractivity contribution in [3.63, 3.8) is 0 Å². The van der Waals surface area contributed by atoms with Gasteiger partial charge in [-0.1, -0.05) is 47.8 Å². The lowest BCUT2D eigenvalue weighted by molar-refractivity contribution is -0.119. The lowest BCUT2D eigenvalue weighted by Crippen LogP contribution is -2.40. The number of hydrogen-bond donors (Lipinski definition) is 0. The Bertz CT molecular complexity index is 462. The third kappa shape index (κ3) is 4.16. The average Bonchev–Trinajstić information content (AvgIpc) is 2.38. The Morgan fingerprint density at radius 1 is 1.50 bits per heavy atom. The van der Waals surface area contributed by atoms with Crippen molar-refractivity contribution in [3.05, 3.63) is 34.3 Å². The summed E-state index contributed by atoms with van der Waals surface area (Å²) in [5.41, 5.74) is 1.16. The predicted octanol–water partition coefficient (Wildman–Crippen LogP) is 4.28. The van der Waals surface area contributed by atoms with Gasteiger partial charge in [0.05, 0.1) is 0 Å². The molecule has 0 aromatic heterocycles. The molecule has 0 aliphatic heterocycles. The summed E-state index contributed by atoms with van der Waals surface area (Å²) in [7, 11) is 2.12. The largest absolute Gasteiger partial charge is 0.303 e. The number of benzene rings is 1. The van der Waals surface area contributed by atoms with Crippen LogP contribution >= 0.6 is 15.9 Å². The first kappa shape index (κ1) is 15.7. The molecule has 1 aliphatic carbocycles. The zero-order valence-corrected chi connectivity index (χ0v) is 14.0. The Morgan fingerprint density at radius 2 is 2.30 bits per heavy atom. The van der Waals surface area contributed by atoms with Crippen LogP contribution in [0.15, 0.2) is 28.7 Å². The molecule has 110 valence electrons. The molecule has 0 spiro atoms. The van der Waals surface area contributed by atoms with Crippen LogP contribution in [0, 0.1) is 11.3 Å². The Hall–Kier alpha value is -0.670. The van der Waals surface area contributed by atoms with E-state index >= 15 is 0 Å². The van der Waals surface area contributed by atoms with Gasteiger partial charge in [0.15, 0.2) is 0 Å². The average molecular weight is 338 g/mol. The molecule has 3 heteroatoms. The molecule has 1 saturated carbocycles. The minimum Gasteiger partial charge on any atom is -0.303 e. The van der Waals surface area contributed by atoms with E-state index in [1.54, 1.807) is 0 Å². The molecule has 2 atom stereocenters. The van der Waals surface area contributed by atoms with E-state index in [2.05, 4.69) is 53.0 Å². The Morgan fingerprint density at radius 3 is 2.95 bits per heavy atom. The normalized spacial score (nSPS) is 26.7. The summed E-state index contributed by atoms with van der Waals surface area (Å²) in [4.78, 5) is 13.9. The summed E-state index contributed by atoms with van der Waals surface area (Å²) in [5, 5.41) is 0. The van der Waals surface area contributed by atoms with Gasteiger partial charge >= 0.3 is 0 Å². The summed E-state index contributed by atoms with van der Waals surface area (Å²) >= 11 is 3.51. The van der Waals surface area contributed by atoms with Crippen LogP contribution in [0.25, 0.3) is 0 Å². The highest BCUT2D eigenvalue weighted by Crippen LogP contribution is 2.38. The Balaban J connectivity index is 1.98. The van der Waals surface area contributed by atoms with Crippen molar-refractivity contribution in [1.82, 2.24) is 4.90 Å². The van der Waals surface area contributed by atoms with E-state index in [1.165, 1.54) is 24.7 Å². The molecule has 0 amide bonds. The molecule has 1 aliphatic rings. The van der Waals surface area contributed by atoms with Gasteiger partial charge in [-0.3, -0.25) is 0 Å². The number of halogens is 1.